The molecule has 2 rings (SSSR count). The van der Waals surface area contributed by atoms with Gasteiger partial charge in [0.05, 0.1) is 12.6 Å². The predicted octanol–water partition coefficient (Wildman–Crippen LogP) is 2.48. The van der Waals surface area contributed by atoms with Crippen LogP contribution in [0.25, 0.3) is 0 Å². The maximum Gasteiger partial charge on any atom is 0.245 e. The molecule has 0 unspecified atom stereocenters. The first-order valence-corrected chi connectivity index (χ1v) is 6.62. The highest BCUT2D eigenvalue weighted by atomic mass is 79.9. The number of carbonyl (C=O) groups excluding carboxylic acids is 1. The molecule has 0 spiro atoms. The SMILES string of the molecule is Cn1cccc1CC(=O)N/N=C\c1cccc(Br)c1. The van der Waals surface area contributed by atoms with Crippen LogP contribution in [0, 0.1) is 0 Å². The molecule has 0 atom stereocenters. The van der Waals surface area contributed by atoms with E-state index in [0.717, 1.165) is 15.7 Å². The van der Waals surface area contributed by atoms with Gasteiger partial charge in [0.15, 0.2) is 0 Å². The molecule has 0 saturated heterocycles. The third-order valence-corrected chi connectivity index (χ3v) is 3.14. The van der Waals surface area contributed by atoms with E-state index in [9.17, 15) is 4.79 Å². The van der Waals surface area contributed by atoms with Crippen molar-refractivity contribution in [1.82, 2.24) is 9.99 Å². The summed E-state index contributed by atoms with van der Waals surface area (Å²) in [5.74, 6) is -0.131. The molecule has 1 aromatic carbocycles. The van der Waals surface area contributed by atoms with Gasteiger partial charge in [-0.15, -0.1) is 0 Å². The van der Waals surface area contributed by atoms with E-state index in [1.165, 1.54) is 0 Å². The van der Waals surface area contributed by atoms with Gasteiger partial charge in [-0.25, -0.2) is 5.43 Å². The molecule has 1 heterocycles. The van der Waals surface area contributed by atoms with E-state index >= 15 is 0 Å². The first-order valence-electron chi connectivity index (χ1n) is 5.83. The zero-order valence-electron chi connectivity index (χ0n) is 10.5. The average Bonchev–Trinajstić information content (AvgIpc) is 2.75. The van der Waals surface area contributed by atoms with E-state index in [1.54, 1.807) is 6.21 Å². The topological polar surface area (TPSA) is 46.4 Å². The Labute approximate surface area is 120 Å². The van der Waals surface area contributed by atoms with Gasteiger partial charge < -0.3 is 4.57 Å². The number of aryl methyl sites for hydroxylation is 1. The maximum atomic E-state index is 11.7. The highest BCUT2D eigenvalue weighted by Crippen LogP contribution is 2.09. The highest BCUT2D eigenvalue weighted by Gasteiger charge is 2.04. The minimum atomic E-state index is -0.131. The van der Waals surface area contributed by atoms with Crippen LogP contribution < -0.4 is 5.43 Å². The number of halogens is 1. The zero-order valence-corrected chi connectivity index (χ0v) is 12.1. The Morgan fingerprint density at radius 1 is 1.42 bits per heavy atom. The van der Waals surface area contributed by atoms with Gasteiger partial charge in [-0.3, -0.25) is 4.79 Å². The zero-order chi connectivity index (χ0) is 13.7. The lowest BCUT2D eigenvalue weighted by atomic mass is 10.2. The van der Waals surface area contributed by atoms with E-state index in [-0.39, 0.29) is 5.91 Å². The number of hydrogen-bond acceptors (Lipinski definition) is 2. The molecule has 98 valence electrons. The number of nitrogens with one attached hydrogen (secondary N) is 1. The summed E-state index contributed by atoms with van der Waals surface area (Å²) < 4.78 is 2.89. The fraction of sp³-hybridized carbons (Fsp3) is 0.143. The van der Waals surface area contributed by atoms with Crippen LogP contribution in [0.2, 0.25) is 0 Å². The molecular weight excluding hydrogens is 306 g/mol. The van der Waals surface area contributed by atoms with E-state index in [4.69, 9.17) is 0 Å². The Kier molecular flexibility index (Phi) is 4.52. The predicted molar refractivity (Wildman–Crippen MR) is 79.0 cm³/mol. The lowest BCUT2D eigenvalue weighted by Crippen LogP contribution is -2.20. The van der Waals surface area contributed by atoms with Crippen molar-refractivity contribution >= 4 is 28.1 Å². The van der Waals surface area contributed by atoms with Crippen molar-refractivity contribution in [3.05, 3.63) is 58.3 Å². The second-order valence-corrected chi connectivity index (χ2v) is 5.05. The minimum absolute atomic E-state index is 0.131. The van der Waals surface area contributed by atoms with Crippen molar-refractivity contribution in [1.29, 1.82) is 0 Å². The van der Waals surface area contributed by atoms with Gasteiger partial charge in [0.1, 0.15) is 0 Å². The van der Waals surface area contributed by atoms with Crippen LogP contribution in [0.3, 0.4) is 0 Å². The summed E-state index contributed by atoms with van der Waals surface area (Å²) in [5, 5.41) is 3.94. The molecule has 4 nitrogen and oxygen atoms in total. The smallest absolute Gasteiger partial charge is 0.245 e. The van der Waals surface area contributed by atoms with Crippen molar-refractivity contribution in [3.63, 3.8) is 0 Å². The van der Waals surface area contributed by atoms with Gasteiger partial charge in [0.2, 0.25) is 5.91 Å². The Morgan fingerprint density at radius 2 is 2.26 bits per heavy atom. The molecule has 1 N–H and O–H groups in total. The van der Waals surface area contributed by atoms with Crippen LogP contribution in [0.1, 0.15) is 11.3 Å². The van der Waals surface area contributed by atoms with E-state index in [1.807, 2.05) is 54.2 Å². The maximum absolute atomic E-state index is 11.7. The summed E-state index contributed by atoms with van der Waals surface area (Å²) >= 11 is 3.38. The Balaban J connectivity index is 1.88. The van der Waals surface area contributed by atoms with Gasteiger partial charge in [0.25, 0.3) is 0 Å². The van der Waals surface area contributed by atoms with Gasteiger partial charge in [0, 0.05) is 23.4 Å². The van der Waals surface area contributed by atoms with Crippen molar-refractivity contribution in [2.75, 3.05) is 0 Å². The molecule has 1 amide bonds. The van der Waals surface area contributed by atoms with Crippen LogP contribution >= 0.6 is 15.9 Å². The molecule has 0 aliphatic rings. The molecule has 0 saturated carbocycles. The average molecular weight is 320 g/mol. The van der Waals surface area contributed by atoms with Crippen molar-refractivity contribution in [3.8, 4) is 0 Å². The van der Waals surface area contributed by atoms with Crippen LogP contribution in [0.4, 0.5) is 0 Å². The monoisotopic (exact) mass is 319 g/mol. The molecule has 0 aliphatic carbocycles. The second kappa shape index (κ2) is 6.33. The van der Waals surface area contributed by atoms with Gasteiger partial charge in [-0.2, -0.15) is 5.10 Å². The fourth-order valence-electron chi connectivity index (χ4n) is 1.65. The van der Waals surface area contributed by atoms with Crippen LogP contribution in [-0.2, 0) is 18.3 Å². The number of hydrogen-bond donors (Lipinski definition) is 1. The molecule has 0 bridgehead atoms. The molecule has 5 heteroatoms. The van der Waals surface area contributed by atoms with Gasteiger partial charge in [-0.05, 0) is 29.8 Å². The van der Waals surface area contributed by atoms with Crippen molar-refractivity contribution in [2.45, 2.75) is 6.42 Å². The molecule has 19 heavy (non-hydrogen) atoms. The minimum Gasteiger partial charge on any atom is -0.354 e. The number of nitrogens with zero attached hydrogens (tertiary/aromatic N) is 2. The summed E-state index contributed by atoms with van der Waals surface area (Å²) in [6, 6.07) is 11.5. The number of rotatable bonds is 4. The van der Waals surface area contributed by atoms with Crippen molar-refractivity contribution in [2.24, 2.45) is 12.1 Å². The van der Waals surface area contributed by atoms with Crippen LogP contribution in [0.15, 0.2) is 52.2 Å². The number of benzene rings is 1. The second-order valence-electron chi connectivity index (χ2n) is 4.14. The summed E-state index contributed by atoms with van der Waals surface area (Å²) in [4.78, 5) is 11.7. The van der Waals surface area contributed by atoms with E-state index in [2.05, 4.69) is 26.5 Å². The van der Waals surface area contributed by atoms with Gasteiger partial charge >= 0.3 is 0 Å². The third kappa shape index (κ3) is 4.06. The first kappa shape index (κ1) is 13.5. The standard InChI is InChI=1S/C14H14BrN3O/c1-18-7-3-6-13(18)9-14(19)17-16-10-11-4-2-5-12(15)8-11/h2-8,10H,9H2,1H3,(H,17,19)/b16-10-. The molecule has 1 aromatic heterocycles. The van der Waals surface area contributed by atoms with Gasteiger partial charge in [-0.1, -0.05) is 28.1 Å². The first-order chi connectivity index (χ1) is 9.15. The van der Waals surface area contributed by atoms with Crippen LogP contribution in [0.5, 0.6) is 0 Å². The number of hydrazone groups is 1. The molecule has 2 aromatic rings. The van der Waals surface area contributed by atoms with E-state index in [0.29, 0.717) is 6.42 Å². The Bertz CT molecular complexity index is 604. The fourth-order valence-corrected chi connectivity index (χ4v) is 2.07. The molecular formula is C14H14BrN3O. The van der Waals surface area contributed by atoms with Crippen LogP contribution in [-0.4, -0.2) is 16.7 Å². The summed E-state index contributed by atoms with van der Waals surface area (Å²) in [5.41, 5.74) is 4.40. The summed E-state index contributed by atoms with van der Waals surface area (Å²) in [7, 11) is 1.91. The number of amides is 1. The number of aromatic nitrogens is 1. The largest absolute Gasteiger partial charge is 0.354 e. The molecule has 0 fully saturated rings. The Morgan fingerprint density at radius 3 is 2.95 bits per heavy atom. The summed E-state index contributed by atoms with van der Waals surface area (Å²) in [6.07, 6.45) is 3.85. The number of carbonyl (C=O) groups is 1. The van der Waals surface area contributed by atoms with Crippen molar-refractivity contribution < 1.29 is 4.79 Å². The molecule has 0 radical (unpaired) electrons. The quantitative estimate of drug-likeness (QED) is 0.683. The summed E-state index contributed by atoms with van der Waals surface area (Å²) in [6.45, 7) is 0. The highest BCUT2D eigenvalue weighted by molar-refractivity contribution is 9.10. The lowest BCUT2D eigenvalue weighted by Gasteiger charge is -2.02. The Hall–Kier alpha value is -1.88. The normalized spacial score (nSPS) is 10.8. The molecule has 0 aliphatic heterocycles. The third-order valence-electron chi connectivity index (χ3n) is 2.64. The lowest BCUT2D eigenvalue weighted by molar-refractivity contribution is -0.120. The van der Waals surface area contributed by atoms with E-state index < -0.39 is 0 Å².